The van der Waals surface area contributed by atoms with Crippen LogP contribution in [0.5, 0.6) is 0 Å². The van der Waals surface area contributed by atoms with Gasteiger partial charge in [-0.15, -0.1) is 11.8 Å². The van der Waals surface area contributed by atoms with Gasteiger partial charge in [-0.3, -0.25) is 9.59 Å². The number of amides is 2. The van der Waals surface area contributed by atoms with Gasteiger partial charge < -0.3 is 14.9 Å². The molecule has 0 aliphatic carbocycles. The monoisotopic (exact) mass is 648 g/mol. The van der Waals surface area contributed by atoms with E-state index in [0.717, 1.165) is 55.2 Å². The Labute approximate surface area is 282 Å². The maximum Gasteiger partial charge on any atom is 0.335 e. The van der Waals surface area contributed by atoms with Crippen LogP contribution < -0.4 is 0 Å². The van der Waals surface area contributed by atoms with Gasteiger partial charge in [0.25, 0.3) is 0 Å². The lowest BCUT2D eigenvalue weighted by Gasteiger charge is -2.24. The first-order valence-corrected chi connectivity index (χ1v) is 17.6. The third-order valence-corrected chi connectivity index (χ3v) is 10.2. The second-order valence-corrected chi connectivity index (χ2v) is 13.6. The van der Waals surface area contributed by atoms with E-state index in [9.17, 15) is 19.5 Å². The first-order chi connectivity index (χ1) is 23.0. The summed E-state index contributed by atoms with van der Waals surface area (Å²) in [7, 11) is 0. The number of carbonyl (C=O) groups excluding carboxylic acids is 2. The highest BCUT2D eigenvalue weighted by Gasteiger charge is 2.41. The fraction of sp³-hybridized carbons (Fsp3) is 0.325. The fourth-order valence-corrected chi connectivity index (χ4v) is 7.63. The molecule has 0 radical (unpaired) electrons. The molecule has 1 saturated heterocycles. The van der Waals surface area contributed by atoms with Crippen molar-refractivity contribution in [1.29, 1.82) is 0 Å². The van der Waals surface area contributed by atoms with Gasteiger partial charge in [0.1, 0.15) is 0 Å². The summed E-state index contributed by atoms with van der Waals surface area (Å²) in [6.07, 6.45) is 7.19. The molecule has 2 unspecified atom stereocenters. The van der Waals surface area contributed by atoms with E-state index in [2.05, 4.69) is 24.3 Å². The number of benzene rings is 4. The predicted molar refractivity (Wildman–Crippen MR) is 189 cm³/mol. The van der Waals surface area contributed by atoms with E-state index in [0.29, 0.717) is 26.1 Å². The lowest BCUT2D eigenvalue weighted by Crippen LogP contribution is -2.38. The molecule has 4 aromatic carbocycles. The maximum absolute atomic E-state index is 13.9. The molecule has 0 spiro atoms. The van der Waals surface area contributed by atoms with Crippen LogP contribution in [0.4, 0.5) is 0 Å². The molecule has 6 nitrogen and oxygen atoms in total. The number of carboxylic acid groups (broad SMARTS) is 1. The van der Waals surface area contributed by atoms with Crippen molar-refractivity contribution in [3.8, 4) is 0 Å². The van der Waals surface area contributed by atoms with Crippen LogP contribution >= 0.6 is 11.8 Å². The number of aromatic carboxylic acids is 1. The standard InChI is InChI=1S/C40H44N2O4S/c43-37(41(29-33-17-9-4-10-18-33)30-34-19-11-5-12-20-34)28-36-39(44)42(27-26-32-22-24-35(25-23-32)40(45)46)38(47-36)21-13-2-1-6-14-31-15-7-3-8-16-31/h3-5,7-12,15-20,22-25,36,38H,1-2,6,13-14,21,26-30H2,(H,45,46). The van der Waals surface area contributed by atoms with Gasteiger partial charge in [-0.1, -0.05) is 122 Å². The van der Waals surface area contributed by atoms with Gasteiger partial charge in [-0.05, 0) is 60.1 Å². The van der Waals surface area contributed by atoms with E-state index in [1.54, 1.807) is 23.9 Å². The maximum atomic E-state index is 13.9. The number of carboxylic acids is 1. The van der Waals surface area contributed by atoms with Gasteiger partial charge in [-0.2, -0.15) is 0 Å². The molecule has 244 valence electrons. The van der Waals surface area contributed by atoms with Crippen LogP contribution in [0.3, 0.4) is 0 Å². The zero-order chi connectivity index (χ0) is 32.8. The molecule has 4 aromatic rings. The van der Waals surface area contributed by atoms with Crippen molar-refractivity contribution in [2.75, 3.05) is 6.54 Å². The van der Waals surface area contributed by atoms with Crippen LogP contribution in [-0.4, -0.2) is 49.9 Å². The van der Waals surface area contributed by atoms with E-state index in [4.69, 9.17) is 0 Å². The third kappa shape index (κ3) is 10.3. The quantitative estimate of drug-likeness (QED) is 0.117. The summed E-state index contributed by atoms with van der Waals surface area (Å²) in [5.41, 5.74) is 4.73. The number of unbranched alkanes of at least 4 members (excludes halogenated alkanes) is 3. The Balaban J connectivity index is 1.22. The Kier molecular flexibility index (Phi) is 12.7. The third-order valence-electron chi connectivity index (χ3n) is 8.72. The summed E-state index contributed by atoms with van der Waals surface area (Å²) in [4.78, 5) is 42.9. The number of hydrogen-bond donors (Lipinski definition) is 1. The Hall–Kier alpha value is -4.36. The number of aryl methyl sites for hydroxylation is 1. The van der Waals surface area contributed by atoms with Gasteiger partial charge in [0.05, 0.1) is 16.2 Å². The summed E-state index contributed by atoms with van der Waals surface area (Å²) in [6.45, 7) is 1.52. The molecular formula is C40H44N2O4S. The molecule has 7 heteroatoms. The smallest absolute Gasteiger partial charge is 0.335 e. The molecule has 2 atom stereocenters. The van der Waals surface area contributed by atoms with E-state index in [1.807, 2.05) is 88.7 Å². The van der Waals surface area contributed by atoms with Crippen LogP contribution in [0, 0.1) is 0 Å². The van der Waals surface area contributed by atoms with Gasteiger partial charge >= 0.3 is 5.97 Å². The molecule has 1 heterocycles. The highest BCUT2D eigenvalue weighted by atomic mass is 32.2. The molecule has 0 bridgehead atoms. The Morgan fingerprint density at radius 1 is 0.660 bits per heavy atom. The minimum absolute atomic E-state index is 0.0180. The molecular weight excluding hydrogens is 605 g/mol. The van der Waals surface area contributed by atoms with Crippen molar-refractivity contribution in [2.45, 2.75) is 75.1 Å². The van der Waals surface area contributed by atoms with E-state index in [-0.39, 0.29) is 29.2 Å². The van der Waals surface area contributed by atoms with Crippen molar-refractivity contribution < 1.29 is 19.5 Å². The Morgan fingerprint density at radius 3 is 1.77 bits per heavy atom. The van der Waals surface area contributed by atoms with E-state index >= 15 is 0 Å². The van der Waals surface area contributed by atoms with Crippen molar-refractivity contribution >= 4 is 29.5 Å². The van der Waals surface area contributed by atoms with Gasteiger partial charge in [-0.25, -0.2) is 4.79 Å². The molecule has 1 aliphatic heterocycles. The summed E-state index contributed by atoms with van der Waals surface area (Å²) < 4.78 is 0. The largest absolute Gasteiger partial charge is 0.478 e. The van der Waals surface area contributed by atoms with Crippen LogP contribution in [0.2, 0.25) is 0 Å². The molecule has 0 saturated carbocycles. The average Bonchev–Trinajstić information content (AvgIpc) is 3.39. The van der Waals surface area contributed by atoms with Crippen LogP contribution in [0.25, 0.3) is 0 Å². The number of carbonyl (C=O) groups is 3. The van der Waals surface area contributed by atoms with Gasteiger partial charge in [0, 0.05) is 26.1 Å². The van der Waals surface area contributed by atoms with Crippen LogP contribution in [0.1, 0.15) is 71.1 Å². The lowest BCUT2D eigenvalue weighted by atomic mass is 10.1. The molecule has 0 aromatic heterocycles. The van der Waals surface area contributed by atoms with Crippen molar-refractivity contribution in [1.82, 2.24) is 9.80 Å². The van der Waals surface area contributed by atoms with Crippen LogP contribution in [-0.2, 0) is 35.5 Å². The molecule has 1 aliphatic rings. The highest BCUT2D eigenvalue weighted by Crippen LogP contribution is 2.37. The number of thioether (sulfide) groups is 1. The zero-order valence-electron chi connectivity index (χ0n) is 26.9. The molecule has 1 N–H and O–H groups in total. The van der Waals surface area contributed by atoms with E-state index in [1.165, 1.54) is 5.56 Å². The highest BCUT2D eigenvalue weighted by molar-refractivity contribution is 8.01. The average molecular weight is 649 g/mol. The van der Waals surface area contributed by atoms with Crippen molar-refractivity contribution in [3.05, 3.63) is 143 Å². The summed E-state index contributed by atoms with van der Waals surface area (Å²) in [5, 5.41) is 8.86. The number of nitrogens with zero attached hydrogens (tertiary/aromatic N) is 2. The number of rotatable bonds is 17. The SMILES string of the molecule is O=C(O)c1ccc(CCN2C(=O)C(CC(=O)N(Cc3ccccc3)Cc3ccccc3)SC2CCCCCCc2ccccc2)cc1. The minimum atomic E-state index is -0.951. The zero-order valence-corrected chi connectivity index (χ0v) is 27.7. The van der Waals surface area contributed by atoms with Gasteiger partial charge in [0.2, 0.25) is 11.8 Å². The van der Waals surface area contributed by atoms with Crippen molar-refractivity contribution in [3.63, 3.8) is 0 Å². The summed E-state index contributed by atoms with van der Waals surface area (Å²) >= 11 is 1.64. The Morgan fingerprint density at radius 2 is 1.19 bits per heavy atom. The second kappa shape index (κ2) is 17.5. The Bertz CT molecular complexity index is 1520. The van der Waals surface area contributed by atoms with Gasteiger partial charge in [0.15, 0.2) is 0 Å². The molecule has 1 fully saturated rings. The lowest BCUT2D eigenvalue weighted by molar-refractivity contribution is -0.136. The van der Waals surface area contributed by atoms with E-state index < -0.39 is 11.2 Å². The topological polar surface area (TPSA) is 77.9 Å². The van der Waals surface area contributed by atoms with Crippen LogP contribution in [0.15, 0.2) is 115 Å². The molecule has 2 amide bonds. The minimum Gasteiger partial charge on any atom is -0.478 e. The fourth-order valence-electron chi connectivity index (χ4n) is 6.10. The summed E-state index contributed by atoms with van der Waals surface area (Å²) in [6, 6.07) is 37.4. The number of hydrogen-bond acceptors (Lipinski definition) is 4. The molecule has 5 rings (SSSR count). The first kappa shape index (κ1) is 34.0. The summed E-state index contributed by atoms with van der Waals surface area (Å²) in [5.74, 6) is -0.944. The predicted octanol–water partition coefficient (Wildman–Crippen LogP) is 8.01. The first-order valence-electron chi connectivity index (χ1n) is 16.6. The van der Waals surface area contributed by atoms with Crippen molar-refractivity contribution in [2.24, 2.45) is 0 Å². The molecule has 47 heavy (non-hydrogen) atoms. The normalized spacial score (nSPS) is 15.9. The second-order valence-electron chi connectivity index (χ2n) is 12.2.